The van der Waals surface area contributed by atoms with Crippen molar-refractivity contribution >= 4 is 28.6 Å². The summed E-state index contributed by atoms with van der Waals surface area (Å²) in [4.78, 5) is 16.4. The number of anilines is 1. The molecule has 0 saturated heterocycles. The summed E-state index contributed by atoms with van der Waals surface area (Å²) in [5, 5.41) is 14.6. The molecular formula is C20H28N6O2. The van der Waals surface area contributed by atoms with Crippen molar-refractivity contribution in [2.45, 2.75) is 53.1 Å². The largest absolute Gasteiger partial charge is 0.444 e. The van der Waals surface area contributed by atoms with Gasteiger partial charge < -0.3 is 15.4 Å². The molecule has 1 amide bonds. The van der Waals surface area contributed by atoms with Gasteiger partial charge >= 0.3 is 6.09 Å². The summed E-state index contributed by atoms with van der Waals surface area (Å²) >= 11 is 0. The number of ether oxygens (including phenoxy) is 1. The second kappa shape index (κ2) is 8.00. The molecule has 2 heterocycles. The first-order chi connectivity index (χ1) is 13.2. The van der Waals surface area contributed by atoms with Gasteiger partial charge in [-0.15, -0.1) is 10.2 Å². The number of nitrogens with zero attached hydrogens (tertiary/aromatic N) is 4. The molecule has 0 fully saturated rings. The quantitative estimate of drug-likeness (QED) is 0.631. The number of fused-ring (bicyclic) bond motifs is 3. The Bertz CT molecular complexity index is 990. The molecule has 0 bridgehead atoms. The van der Waals surface area contributed by atoms with E-state index in [0.29, 0.717) is 6.54 Å². The summed E-state index contributed by atoms with van der Waals surface area (Å²) in [6, 6.07) is 6.17. The third kappa shape index (κ3) is 4.68. The highest BCUT2D eigenvalue weighted by Crippen LogP contribution is 2.22. The molecular weight excluding hydrogens is 356 g/mol. The van der Waals surface area contributed by atoms with Gasteiger partial charge in [0.25, 0.3) is 0 Å². The number of nitrogens with one attached hydrogen (secondary N) is 2. The van der Waals surface area contributed by atoms with Gasteiger partial charge in [-0.1, -0.05) is 6.07 Å². The lowest BCUT2D eigenvalue weighted by atomic mass is 10.2. The highest BCUT2D eigenvalue weighted by Gasteiger charge is 2.15. The van der Waals surface area contributed by atoms with Crippen LogP contribution in [0.4, 0.5) is 10.6 Å². The van der Waals surface area contributed by atoms with Gasteiger partial charge in [-0.2, -0.15) is 0 Å². The summed E-state index contributed by atoms with van der Waals surface area (Å²) in [5.41, 5.74) is 3.30. The number of carbonyl (C=O) groups excluding carboxylic acids is 1. The standard InChI is InChI=1S/C20H28N6O2/c1-13-8-9-16-15(12-13)23-17(18-25-24-14(2)26(16)18)21-10-6-7-11-22-19(27)28-20(3,4)5/h8-9,12H,6-7,10-11H2,1-5H3,(H,21,23)(H,22,27). The second-order valence-electron chi connectivity index (χ2n) is 7.92. The first-order valence-electron chi connectivity index (χ1n) is 9.57. The zero-order chi connectivity index (χ0) is 20.3. The molecule has 0 saturated carbocycles. The van der Waals surface area contributed by atoms with E-state index in [1.54, 1.807) is 0 Å². The summed E-state index contributed by atoms with van der Waals surface area (Å²) in [6.07, 6.45) is 1.33. The summed E-state index contributed by atoms with van der Waals surface area (Å²) in [7, 11) is 0. The SMILES string of the molecule is Cc1ccc2c(c1)nc(NCCCCNC(=O)OC(C)(C)C)c1nnc(C)n12. The van der Waals surface area contributed by atoms with Crippen LogP contribution in [-0.2, 0) is 4.74 Å². The van der Waals surface area contributed by atoms with Gasteiger partial charge in [0.15, 0.2) is 5.82 Å². The number of carbonyl (C=O) groups is 1. The number of aromatic nitrogens is 4. The molecule has 2 N–H and O–H groups in total. The molecule has 1 aromatic carbocycles. The van der Waals surface area contributed by atoms with Crippen LogP contribution >= 0.6 is 0 Å². The van der Waals surface area contributed by atoms with Crippen LogP contribution in [-0.4, -0.2) is 44.4 Å². The summed E-state index contributed by atoms with van der Waals surface area (Å²) in [6.45, 7) is 10.8. The van der Waals surface area contributed by atoms with Crippen LogP contribution in [0.25, 0.3) is 16.7 Å². The van der Waals surface area contributed by atoms with Crippen molar-refractivity contribution in [3.05, 3.63) is 29.6 Å². The lowest BCUT2D eigenvalue weighted by Gasteiger charge is -2.19. The normalized spacial score (nSPS) is 11.8. The van der Waals surface area contributed by atoms with Gasteiger partial charge in [0.1, 0.15) is 11.4 Å². The molecule has 0 aliphatic carbocycles. The van der Waals surface area contributed by atoms with Crippen LogP contribution < -0.4 is 10.6 Å². The maximum atomic E-state index is 11.6. The Balaban J connectivity index is 1.59. The number of benzene rings is 1. The van der Waals surface area contributed by atoms with E-state index in [1.807, 2.05) is 38.2 Å². The Morgan fingerprint density at radius 1 is 1.14 bits per heavy atom. The zero-order valence-corrected chi connectivity index (χ0v) is 17.2. The summed E-state index contributed by atoms with van der Waals surface area (Å²) in [5.74, 6) is 1.55. The predicted octanol–water partition coefficient (Wildman–Crippen LogP) is 3.61. The van der Waals surface area contributed by atoms with Crippen LogP contribution in [0.15, 0.2) is 18.2 Å². The van der Waals surface area contributed by atoms with Gasteiger partial charge in [0.05, 0.1) is 11.0 Å². The average Bonchev–Trinajstić information content (AvgIpc) is 2.98. The predicted molar refractivity (Wildman–Crippen MR) is 110 cm³/mol. The number of hydrogen-bond acceptors (Lipinski definition) is 6. The van der Waals surface area contributed by atoms with Gasteiger partial charge in [-0.3, -0.25) is 4.40 Å². The fraction of sp³-hybridized carbons (Fsp3) is 0.500. The molecule has 28 heavy (non-hydrogen) atoms. The van der Waals surface area contributed by atoms with Gasteiger partial charge in [-0.25, -0.2) is 9.78 Å². The van der Waals surface area contributed by atoms with E-state index in [-0.39, 0.29) is 6.09 Å². The minimum absolute atomic E-state index is 0.382. The molecule has 2 aromatic heterocycles. The Hall–Kier alpha value is -2.90. The first kappa shape index (κ1) is 19.9. The van der Waals surface area contributed by atoms with Crippen molar-refractivity contribution < 1.29 is 9.53 Å². The molecule has 150 valence electrons. The van der Waals surface area contributed by atoms with E-state index in [9.17, 15) is 4.79 Å². The Labute approximate surface area is 164 Å². The second-order valence-corrected chi connectivity index (χ2v) is 7.92. The maximum Gasteiger partial charge on any atom is 0.407 e. The lowest BCUT2D eigenvalue weighted by Crippen LogP contribution is -2.33. The highest BCUT2D eigenvalue weighted by atomic mass is 16.6. The van der Waals surface area contributed by atoms with Crippen molar-refractivity contribution in [1.82, 2.24) is 24.9 Å². The smallest absolute Gasteiger partial charge is 0.407 e. The summed E-state index contributed by atoms with van der Waals surface area (Å²) < 4.78 is 7.24. The molecule has 0 atom stereocenters. The lowest BCUT2D eigenvalue weighted by molar-refractivity contribution is 0.0527. The molecule has 0 aliphatic rings. The average molecular weight is 384 g/mol. The monoisotopic (exact) mass is 384 g/mol. The Kier molecular flexibility index (Phi) is 5.67. The number of hydrogen-bond donors (Lipinski definition) is 2. The molecule has 0 unspecified atom stereocenters. The van der Waals surface area contributed by atoms with Crippen molar-refractivity contribution in [3.8, 4) is 0 Å². The van der Waals surface area contributed by atoms with E-state index in [2.05, 4.69) is 39.9 Å². The Morgan fingerprint density at radius 2 is 1.89 bits per heavy atom. The zero-order valence-electron chi connectivity index (χ0n) is 17.2. The number of rotatable bonds is 6. The fourth-order valence-corrected chi connectivity index (χ4v) is 2.97. The molecule has 3 rings (SSSR count). The van der Waals surface area contributed by atoms with Crippen LogP contribution in [0.3, 0.4) is 0 Å². The van der Waals surface area contributed by atoms with E-state index in [0.717, 1.165) is 53.3 Å². The van der Waals surface area contributed by atoms with E-state index < -0.39 is 5.60 Å². The van der Waals surface area contributed by atoms with Gasteiger partial charge in [0.2, 0.25) is 5.65 Å². The van der Waals surface area contributed by atoms with Crippen molar-refractivity contribution in [2.75, 3.05) is 18.4 Å². The minimum Gasteiger partial charge on any atom is -0.444 e. The van der Waals surface area contributed by atoms with E-state index in [4.69, 9.17) is 9.72 Å². The van der Waals surface area contributed by atoms with Gasteiger partial charge in [-0.05, 0) is 65.2 Å². The van der Waals surface area contributed by atoms with E-state index >= 15 is 0 Å². The van der Waals surface area contributed by atoms with E-state index in [1.165, 1.54) is 0 Å². The number of aryl methyl sites for hydroxylation is 2. The number of amides is 1. The Morgan fingerprint density at radius 3 is 2.64 bits per heavy atom. The van der Waals surface area contributed by atoms with Crippen molar-refractivity contribution in [1.29, 1.82) is 0 Å². The van der Waals surface area contributed by atoms with Crippen molar-refractivity contribution in [3.63, 3.8) is 0 Å². The first-order valence-corrected chi connectivity index (χ1v) is 9.57. The van der Waals surface area contributed by atoms with Crippen LogP contribution in [0.1, 0.15) is 45.0 Å². The topological polar surface area (TPSA) is 93.4 Å². The highest BCUT2D eigenvalue weighted by molar-refractivity contribution is 5.83. The molecule has 3 aromatic rings. The third-order valence-electron chi connectivity index (χ3n) is 4.20. The third-order valence-corrected chi connectivity index (χ3v) is 4.20. The molecule has 0 radical (unpaired) electrons. The van der Waals surface area contributed by atoms with Crippen LogP contribution in [0.5, 0.6) is 0 Å². The minimum atomic E-state index is -0.479. The van der Waals surface area contributed by atoms with Gasteiger partial charge in [0, 0.05) is 13.1 Å². The molecule has 0 aliphatic heterocycles. The molecule has 0 spiro atoms. The maximum absolute atomic E-state index is 11.6. The van der Waals surface area contributed by atoms with Crippen LogP contribution in [0, 0.1) is 13.8 Å². The number of alkyl carbamates (subject to hydrolysis) is 1. The van der Waals surface area contributed by atoms with Crippen LogP contribution in [0.2, 0.25) is 0 Å². The molecule has 8 nitrogen and oxygen atoms in total. The number of unbranched alkanes of at least 4 members (excludes halogenated alkanes) is 1. The molecule has 8 heteroatoms. The van der Waals surface area contributed by atoms with Crippen molar-refractivity contribution in [2.24, 2.45) is 0 Å². The fourth-order valence-electron chi connectivity index (χ4n) is 2.97.